The van der Waals surface area contributed by atoms with Gasteiger partial charge in [-0.1, -0.05) is 0 Å². The molecule has 0 spiro atoms. The second-order valence-corrected chi connectivity index (χ2v) is 4.75. The van der Waals surface area contributed by atoms with Gasteiger partial charge in [-0.15, -0.1) is 35.3 Å². The van der Waals surface area contributed by atoms with Crippen LogP contribution in [0, 0.1) is 0 Å². The summed E-state index contributed by atoms with van der Waals surface area (Å²) < 4.78 is 36.9. The molecule has 0 aliphatic carbocycles. The Hall–Kier alpha value is -0.580. The number of hydrogen-bond donors (Lipinski definition) is 2. The number of nitrogens with one attached hydrogen (secondary N) is 2. The maximum Gasteiger partial charge on any atom is 0.434 e. The number of aromatic nitrogens is 1. The van der Waals surface area contributed by atoms with Gasteiger partial charge in [-0.3, -0.25) is 4.99 Å². The first-order valence-electron chi connectivity index (χ1n) is 5.59. The molecule has 1 aliphatic heterocycles. The van der Waals surface area contributed by atoms with Gasteiger partial charge in [0.1, 0.15) is 0 Å². The zero-order valence-corrected chi connectivity index (χ0v) is 13.1. The highest BCUT2D eigenvalue weighted by Crippen LogP contribution is 2.29. The third-order valence-corrected chi connectivity index (χ3v) is 3.28. The van der Waals surface area contributed by atoms with Gasteiger partial charge in [0.25, 0.3) is 0 Å². The first kappa shape index (κ1) is 16.5. The van der Waals surface area contributed by atoms with Gasteiger partial charge in [0, 0.05) is 31.4 Å². The molecular formula is C10H14F3IN4S. The molecule has 0 saturated carbocycles. The van der Waals surface area contributed by atoms with Gasteiger partial charge in [0.15, 0.2) is 11.7 Å². The van der Waals surface area contributed by atoms with E-state index in [0.29, 0.717) is 23.9 Å². The van der Waals surface area contributed by atoms with Crippen LogP contribution in [0.25, 0.3) is 0 Å². The van der Waals surface area contributed by atoms with Crippen molar-refractivity contribution < 1.29 is 13.2 Å². The quantitative estimate of drug-likeness (QED) is 0.758. The zero-order chi connectivity index (χ0) is 13.0. The minimum absolute atomic E-state index is 0. The number of hydrogen-bond acceptors (Lipinski definition) is 5. The molecule has 2 heterocycles. The van der Waals surface area contributed by atoms with E-state index in [-0.39, 0.29) is 24.0 Å². The Bertz CT molecular complexity index is 433. The predicted octanol–water partition coefficient (Wildman–Crippen LogP) is 2.26. The number of alkyl halides is 3. The number of halogens is 4. The van der Waals surface area contributed by atoms with Crippen LogP contribution in [0.2, 0.25) is 0 Å². The molecule has 0 aromatic carbocycles. The Labute approximate surface area is 129 Å². The molecule has 4 nitrogen and oxygen atoms in total. The monoisotopic (exact) mass is 406 g/mol. The smallest absolute Gasteiger partial charge is 0.356 e. The molecule has 0 atom stereocenters. The van der Waals surface area contributed by atoms with Gasteiger partial charge < -0.3 is 10.6 Å². The van der Waals surface area contributed by atoms with Crippen molar-refractivity contribution in [3.63, 3.8) is 0 Å². The van der Waals surface area contributed by atoms with Crippen LogP contribution in [-0.4, -0.2) is 30.6 Å². The number of thiazole rings is 1. The van der Waals surface area contributed by atoms with Crippen molar-refractivity contribution in [3.8, 4) is 0 Å². The molecule has 108 valence electrons. The lowest BCUT2D eigenvalue weighted by molar-refractivity contribution is -0.140. The molecule has 1 aliphatic rings. The van der Waals surface area contributed by atoms with Gasteiger partial charge in [-0.25, -0.2) is 4.98 Å². The van der Waals surface area contributed by atoms with Crippen molar-refractivity contribution in [1.29, 1.82) is 0 Å². The maximum atomic E-state index is 12.3. The molecule has 0 unspecified atom stereocenters. The molecule has 2 rings (SSSR count). The van der Waals surface area contributed by atoms with E-state index in [4.69, 9.17) is 0 Å². The standard InChI is InChI=1S/C10H13F3N4S.HI/c11-10(12,13)7-6-18-8(17-7)2-5-16-9-14-3-1-4-15-9;/h6H,1-5H2,(H2,14,15,16);1H. The SMILES string of the molecule is FC(F)(F)c1csc(CCNC2=NCCCN2)n1.I. The highest BCUT2D eigenvalue weighted by Gasteiger charge is 2.33. The van der Waals surface area contributed by atoms with Crippen LogP contribution in [0.5, 0.6) is 0 Å². The van der Waals surface area contributed by atoms with Gasteiger partial charge in [0.05, 0.1) is 5.01 Å². The van der Waals surface area contributed by atoms with E-state index in [1.54, 1.807) is 0 Å². The van der Waals surface area contributed by atoms with Crippen LogP contribution in [-0.2, 0) is 12.6 Å². The topological polar surface area (TPSA) is 49.3 Å². The fourth-order valence-corrected chi connectivity index (χ4v) is 2.30. The number of nitrogens with zero attached hydrogens (tertiary/aromatic N) is 2. The number of guanidine groups is 1. The molecule has 9 heteroatoms. The van der Waals surface area contributed by atoms with Crippen LogP contribution in [0.15, 0.2) is 10.4 Å². The molecule has 0 amide bonds. The lowest BCUT2D eigenvalue weighted by Gasteiger charge is -2.15. The minimum Gasteiger partial charge on any atom is -0.356 e. The molecule has 0 fully saturated rings. The number of rotatable bonds is 3. The fraction of sp³-hybridized carbons (Fsp3) is 0.600. The van der Waals surface area contributed by atoms with E-state index < -0.39 is 11.9 Å². The Morgan fingerprint density at radius 3 is 2.79 bits per heavy atom. The summed E-state index contributed by atoms with van der Waals surface area (Å²) in [6.07, 6.45) is -2.88. The lowest BCUT2D eigenvalue weighted by atomic mass is 10.4. The van der Waals surface area contributed by atoms with Crippen molar-refractivity contribution in [3.05, 3.63) is 16.1 Å². The molecule has 1 aromatic rings. The summed E-state index contributed by atoms with van der Waals surface area (Å²) >= 11 is 1.03. The third-order valence-electron chi connectivity index (χ3n) is 2.37. The normalized spacial score (nSPS) is 15.2. The molecule has 0 saturated heterocycles. The summed E-state index contributed by atoms with van der Waals surface area (Å²) in [6.45, 7) is 2.18. The Morgan fingerprint density at radius 1 is 1.42 bits per heavy atom. The first-order valence-corrected chi connectivity index (χ1v) is 6.47. The Balaban J connectivity index is 0.00000180. The fourth-order valence-electron chi connectivity index (χ4n) is 1.49. The average Bonchev–Trinajstić information content (AvgIpc) is 2.79. The molecule has 1 aromatic heterocycles. The highest BCUT2D eigenvalue weighted by atomic mass is 127. The average molecular weight is 406 g/mol. The Kier molecular flexibility index (Phi) is 6.30. The highest BCUT2D eigenvalue weighted by molar-refractivity contribution is 14.0. The summed E-state index contributed by atoms with van der Waals surface area (Å²) in [5.74, 6) is 0.717. The van der Waals surface area contributed by atoms with E-state index in [0.717, 1.165) is 36.2 Å². The third kappa shape index (κ3) is 5.13. The van der Waals surface area contributed by atoms with Crippen molar-refractivity contribution in [2.45, 2.75) is 19.0 Å². The summed E-state index contributed by atoms with van der Waals surface area (Å²) in [5.41, 5.74) is -0.810. The van der Waals surface area contributed by atoms with Crippen molar-refractivity contribution >= 4 is 41.3 Å². The molecular weight excluding hydrogens is 392 g/mol. The molecule has 19 heavy (non-hydrogen) atoms. The second-order valence-electron chi connectivity index (χ2n) is 3.81. The van der Waals surface area contributed by atoms with E-state index in [1.165, 1.54) is 0 Å². The van der Waals surface area contributed by atoms with Crippen LogP contribution in [0.3, 0.4) is 0 Å². The van der Waals surface area contributed by atoms with Crippen LogP contribution in [0.4, 0.5) is 13.2 Å². The van der Waals surface area contributed by atoms with Gasteiger partial charge in [-0.2, -0.15) is 13.2 Å². The summed E-state index contributed by atoms with van der Waals surface area (Å²) in [6, 6.07) is 0. The van der Waals surface area contributed by atoms with E-state index in [1.807, 2.05) is 0 Å². The van der Waals surface area contributed by atoms with E-state index in [2.05, 4.69) is 20.6 Å². The molecule has 0 radical (unpaired) electrons. The minimum atomic E-state index is -4.35. The van der Waals surface area contributed by atoms with E-state index >= 15 is 0 Å². The zero-order valence-electron chi connectivity index (χ0n) is 9.96. The van der Waals surface area contributed by atoms with Crippen molar-refractivity contribution in [1.82, 2.24) is 15.6 Å². The number of aliphatic imine (C=N–C) groups is 1. The molecule has 2 N–H and O–H groups in total. The lowest BCUT2D eigenvalue weighted by Crippen LogP contribution is -2.41. The van der Waals surface area contributed by atoms with Gasteiger partial charge in [-0.05, 0) is 6.42 Å². The summed E-state index contributed by atoms with van der Waals surface area (Å²) in [4.78, 5) is 7.76. The summed E-state index contributed by atoms with van der Waals surface area (Å²) in [7, 11) is 0. The first-order chi connectivity index (χ1) is 8.55. The molecule has 0 bridgehead atoms. The van der Waals surface area contributed by atoms with Crippen molar-refractivity contribution in [2.75, 3.05) is 19.6 Å². The Morgan fingerprint density at radius 2 is 2.21 bits per heavy atom. The van der Waals surface area contributed by atoms with Gasteiger partial charge in [0.2, 0.25) is 0 Å². The van der Waals surface area contributed by atoms with Gasteiger partial charge >= 0.3 is 6.18 Å². The van der Waals surface area contributed by atoms with Crippen LogP contribution >= 0.6 is 35.3 Å². The van der Waals surface area contributed by atoms with Crippen LogP contribution < -0.4 is 10.6 Å². The van der Waals surface area contributed by atoms with Crippen LogP contribution in [0.1, 0.15) is 17.1 Å². The summed E-state index contributed by atoms with van der Waals surface area (Å²) in [5, 5.41) is 7.64. The van der Waals surface area contributed by atoms with Crippen molar-refractivity contribution in [2.24, 2.45) is 4.99 Å². The maximum absolute atomic E-state index is 12.3. The predicted molar refractivity (Wildman–Crippen MR) is 79.2 cm³/mol. The van der Waals surface area contributed by atoms with E-state index in [9.17, 15) is 13.2 Å². The second kappa shape index (κ2) is 7.27. The largest absolute Gasteiger partial charge is 0.434 e.